The van der Waals surface area contributed by atoms with Crippen molar-refractivity contribution in [2.45, 2.75) is 18.4 Å². The Hall–Kier alpha value is -2.81. The van der Waals surface area contributed by atoms with Gasteiger partial charge in [-0.15, -0.1) is 11.3 Å². The summed E-state index contributed by atoms with van der Waals surface area (Å²) in [6, 6.07) is 20.6. The molecule has 0 fully saturated rings. The van der Waals surface area contributed by atoms with Crippen molar-refractivity contribution in [1.29, 1.82) is 0 Å². The molecule has 6 nitrogen and oxygen atoms in total. The molecule has 0 atom stereocenters. The summed E-state index contributed by atoms with van der Waals surface area (Å²) in [5, 5.41) is 4.02. The van der Waals surface area contributed by atoms with Gasteiger partial charge in [0, 0.05) is 24.0 Å². The zero-order valence-electron chi connectivity index (χ0n) is 15.9. The summed E-state index contributed by atoms with van der Waals surface area (Å²) in [5.74, 6) is 0.779. The van der Waals surface area contributed by atoms with E-state index in [9.17, 15) is 8.42 Å². The van der Waals surface area contributed by atoms with E-state index in [1.807, 2.05) is 60.7 Å². The van der Waals surface area contributed by atoms with E-state index in [4.69, 9.17) is 4.52 Å². The number of aryl methyl sites for hydroxylation is 1. The molecule has 0 N–H and O–H groups in total. The lowest BCUT2D eigenvalue weighted by Gasteiger charge is -2.17. The van der Waals surface area contributed by atoms with Gasteiger partial charge in [-0.2, -0.15) is 9.29 Å². The van der Waals surface area contributed by atoms with E-state index in [-0.39, 0.29) is 4.90 Å². The molecule has 0 amide bonds. The van der Waals surface area contributed by atoms with Crippen LogP contribution in [0.3, 0.4) is 0 Å². The number of benzene rings is 2. The molecule has 0 radical (unpaired) electrons. The molecule has 2 aromatic heterocycles. The van der Waals surface area contributed by atoms with Crippen LogP contribution in [0.2, 0.25) is 0 Å². The van der Waals surface area contributed by atoms with Gasteiger partial charge in [0.2, 0.25) is 15.8 Å². The van der Waals surface area contributed by atoms with Gasteiger partial charge in [0.15, 0.2) is 0 Å². The van der Waals surface area contributed by atoms with Crippen LogP contribution in [0.4, 0.5) is 0 Å². The van der Waals surface area contributed by atoms with Crippen molar-refractivity contribution >= 4 is 21.4 Å². The minimum atomic E-state index is -3.65. The van der Waals surface area contributed by atoms with E-state index < -0.39 is 10.0 Å². The molecule has 0 saturated heterocycles. The van der Waals surface area contributed by atoms with Crippen LogP contribution in [0.1, 0.15) is 10.4 Å². The fraction of sp³-hybridized carbons (Fsp3) is 0.143. The van der Waals surface area contributed by atoms with Crippen molar-refractivity contribution < 1.29 is 12.9 Å². The smallest absolute Gasteiger partial charge is 0.268 e. The summed E-state index contributed by atoms with van der Waals surface area (Å²) in [5.41, 5.74) is 1.77. The lowest BCUT2D eigenvalue weighted by Crippen LogP contribution is -2.26. The standard InChI is InChI=1S/C21H19N3O3S2/c1-15-19(29(25,26)24(2)14-16-9-5-3-6-10-16)13-18(28-15)21-22-20(23-27-21)17-11-7-4-8-12-17/h3-13H,14H2,1-2H3. The van der Waals surface area contributed by atoms with E-state index in [0.717, 1.165) is 11.1 Å². The third-order valence-corrected chi connectivity index (χ3v) is 7.57. The number of hydrogen-bond donors (Lipinski definition) is 0. The summed E-state index contributed by atoms with van der Waals surface area (Å²) in [6.07, 6.45) is 0. The Morgan fingerprint density at radius 2 is 1.69 bits per heavy atom. The SMILES string of the molecule is Cc1sc(-c2nc(-c3ccccc3)no2)cc1S(=O)(=O)N(C)Cc1ccccc1. The maximum Gasteiger partial charge on any atom is 0.268 e. The highest BCUT2D eigenvalue weighted by atomic mass is 32.2. The number of aromatic nitrogens is 2. The molecule has 0 aliphatic rings. The topological polar surface area (TPSA) is 76.3 Å². The Morgan fingerprint density at radius 3 is 2.38 bits per heavy atom. The molecule has 0 spiro atoms. The minimum absolute atomic E-state index is 0.260. The summed E-state index contributed by atoms with van der Waals surface area (Å²) in [6.45, 7) is 2.08. The molecule has 29 heavy (non-hydrogen) atoms. The molecule has 4 aromatic rings. The van der Waals surface area contributed by atoms with Crippen molar-refractivity contribution in [3.63, 3.8) is 0 Å². The van der Waals surface area contributed by atoms with Crippen LogP contribution >= 0.6 is 11.3 Å². The highest BCUT2D eigenvalue weighted by Crippen LogP contribution is 2.35. The fourth-order valence-corrected chi connectivity index (χ4v) is 5.59. The van der Waals surface area contributed by atoms with Crippen molar-refractivity contribution in [2.75, 3.05) is 7.05 Å². The van der Waals surface area contributed by atoms with Gasteiger partial charge in [0.05, 0.1) is 9.77 Å². The number of rotatable bonds is 6. The van der Waals surface area contributed by atoms with Gasteiger partial charge in [0.1, 0.15) is 0 Å². The maximum absolute atomic E-state index is 13.1. The highest BCUT2D eigenvalue weighted by molar-refractivity contribution is 7.89. The molecule has 148 valence electrons. The first kappa shape index (κ1) is 19.5. The first-order valence-electron chi connectivity index (χ1n) is 8.95. The third-order valence-electron chi connectivity index (χ3n) is 4.48. The van der Waals surface area contributed by atoms with Crippen LogP contribution in [0.25, 0.3) is 22.2 Å². The molecule has 4 rings (SSSR count). The Labute approximate surface area is 173 Å². The average Bonchev–Trinajstić information content (AvgIpc) is 3.36. The van der Waals surface area contributed by atoms with Crippen LogP contribution in [0.5, 0.6) is 0 Å². The monoisotopic (exact) mass is 425 g/mol. The predicted octanol–water partition coefficient (Wildman–Crippen LogP) is 4.59. The predicted molar refractivity (Wildman–Crippen MR) is 113 cm³/mol. The number of thiophene rings is 1. The van der Waals surface area contributed by atoms with Crippen molar-refractivity contribution in [1.82, 2.24) is 14.4 Å². The Balaban J connectivity index is 1.62. The first-order chi connectivity index (χ1) is 13.9. The van der Waals surface area contributed by atoms with Gasteiger partial charge in [-0.05, 0) is 18.6 Å². The van der Waals surface area contributed by atoms with Crippen LogP contribution < -0.4 is 0 Å². The summed E-state index contributed by atoms with van der Waals surface area (Å²) >= 11 is 1.32. The molecule has 0 aliphatic heterocycles. The lowest BCUT2D eigenvalue weighted by atomic mass is 10.2. The van der Waals surface area contributed by atoms with E-state index in [0.29, 0.717) is 28.0 Å². The third kappa shape index (κ3) is 4.00. The minimum Gasteiger partial charge on any atom is -0.333 e. The van der Waals surface area contributed by atoms with E-state index in [1.165, 1.54) is 15.6 Å². The fourth-order valence-electron chi connectivity index (χ4n) is 2.95. The van der Waals surface area contributed by atoms with E-state index in [1.54, 1.807) is 20.0 Å². The second kappa shape index (κ2) is 7.90. The molecule has 2 aromatic carbocycles. The van der Waals surface area contributed by atoms with Crippen LogP contribution in [-0.4, -0.2) is 29.9 Å². The van der Waals surface area contributed by atoms with Gasteiger partial charge >= 0.3 is 0 Å². The Kier molecular flexibility index (Phi) is 5.31. The number of sulfonamides is 1. The molecule has 2 heterocycles. The van der Waals surface area contributed by atoms with Crippen molar-refractivity contribution in [2.24, 2.45) is 0 Å². The molecular weight excluding hydrogens is 406 g/mol. The number of nitrogens with zero attached hydrogens (tertiary/aromatic N) is 3. The normalized spacial score (nSPS) is 11.8. The lowest BCUT2D eigenvalue weighted by molar-refractivity contribution is 0.433. The van der Waals surface area contributed by atoms with Crippen molar-refractivity contribution in [3.8, 4) is 22.2 Å². The zero-order valence-corrected chi connectivity index (χ0v) is 17.6. The quantitative estimate of drug-likeness (QED) is 0.451. The van der Waals surface area contributed by atoms with Crippen LogP contribution in [0, 0.1) is 6.92 Å². The Morgan fingerprint density at radius 1 is 1.03 bits per heavy atom. The van der Waals surface area contributed by atoms with Gasteiger partial charge in [-0.1, -0.05) is 65.8 Å². The maximum atomic E-state index is 13.1. The molecule has 0 aliphatic carbocycles. The second-order valence-electron chi connectivity index (χ2n) is 6.57. The second-order valence-corrected chi connectivity index (χ2v) is 9.84. The van der Waals surface area contributed by atoms with Gasteiger partial charge in [-0.25, -0.2) is 8.42 Å². The molecular formula is C21H19N3O3S2. The van der Waals surface area contributed by atoms with Crippen LogP contribution in [-0.2, 0) is 16.6 Å². The van der Waals surface area contributed by atoms with Gasteiger partial charge in [-0.3, -0.25) is 0 Å². The van der Waals surface area contributed by atoms with Gasteiger partial charge in [0.25, 0.3) is 5.89 Å². The Bertz CT molecular complexity index is 1220. The van der Waals surface area contributed by atoms with E-state index >= 15 is 0 Å². The molecule has 0 unspecified atom stereocenters. The van der Waals surface area contributed by atoms with Crippen LogP contribution in [0.15, 0.2) is 76.1 Å². The summed E-state index contributed by atoms with van der Waals surface area (Å²) in [7, 11) is -2.06. The largest absolute Gasteiger partial charge is 0.333 e. The first-order valence-corrected chi connectivity index (χ1v) is 11.2. The molecule has 0 bridgehead atoms. The zero-order chi connectivity index (χ0) is 20.4. The summed E-state index contributed by atoms with van der Waals surface area (Å²) < 4.78 is 32.9. The van der Waals surface area contributed by atoms with Crippen molar-refractivity contribution in [3.05, 3.63) is 77.2 Å². The number of hydrogen-bond acceptors (Lipinski definition) is 6. The molecule has 0 saturated carbocycles. The average molecular weight is 426 g/mol. The highest BCUT2D eigenvalue weighted by Gasteiger charge is 2.26. The van der Waals surface area contributed by atoms with Gasteiger partial charge < -0.3 is 4.52 Å². The molecule has 8 heteroatoms. The summed E-state index contributed by atoms with van der Waals surface area (Å²) in [4.78, 5) is 5.99. The van der Waals surface area contributed by atoms with E-state index in [2.05, 4.69) is 10.1 Å².